The van der Waals surface area contributed by atoms with Crippen molar-refractivity contribution in [2.45, 2.75) is 13.0 Å². The molecule has 1 N–H and O–H groups in total. The summed E-state index contributed by atoms with van der Waals surface area (Å²) in [5.74, 6) is 2.46. The highest BCUT2D eigenvalue weighted by atomic mass is 16.3. The van der Waals surface area contributed by atoms with Gasteiger partial charge in [0.1, 0.15) is 0 Å². The summed E-state index contributed by atoms with van der Waals surface area (Å²) in [6.45, 7) is 1.87. The Kier molecular flexibility index (Phi) is 1.37. The molecule has 0 bridgehead atoms. The molecule has 0 saturated carbocycles. The molecule has 0 amide bonds. The highest BCUT2D eigenvalue weighted by molar-refractivity contribution is 5.38. The zero-order valence-corrected chi connectivity index (χ0v) is 7.72. The molecule has 3 aliphatic rings. The quantitative estimate of drug-likeness (QED) is 0.602. The summed E-state index contributed by atoms with van der Waals surface area (Å²) in [4.78, 5) is 0. The number of rotatable bonds is 1. The van der Waals surface area contributed by atoms with Crippen LogP contribution in [0, 0.1) is 23.7 Å². The Morgan fingerprint density at radius 3 is 2.62 bits per heavy atom. The van der Waals surface area contributed by atoms with Crippen LogP contribution in [0.4, 0.5) is 0 Å². The topological polar surface area (TPSA) is 20.2 Å². The smallest absolute Gasteiger partial charge is 0.0728 e. The number of hydrogen-bond donors (Lipinski definition) is 1. The average Bonchev–Trinajstić information content (AvgIpc) is 2.72. The minimum Gasteiger partial charge on any atom is -0.389 e. The van der Waals surface area contributed by atoms with Gasteiger partial charge in [0.05, 0.1) is 6.10 Å². The molecule has 0 radical (unpaired) electrons. The molecular weight excluding hydrogens is 160 g/mol. The van der Waals surface area contributed by atoms with E-state index in [1.807, 2.05) is 6.92 Å². The lowest BCUT2D eigenvalue weighted by Gasteiger charge is -2.18. The monoisotopic (exact) mass is 174 g/mol. The second kappa shape index (κ2) is 2.36. The third-order valence-electron chi connectivity index (χ3n) is 3.65. The van der Waals surface area contributed by atoms with Gasteiger partial charge in [0, 0.05) is 5.92 Å². The van der Waals surface area contributed by atoms with Crippen molar-refractivity contribution in [1.29, 1.82) is 0 Å². The van der Waals surface area contributed by atoms with Gasteiger partial charge in [0.2, 0.25) is 0 Å². The van der Waals surface area contributed by atoms with Crippen molar-refractivity contribution in [2.24, 2.45) is 23.7 Å². The third kappa shape index (κ3) is 0.856. The van der Waals surface area contributed by atoms with Crippen molar-refractivity contribution in [2.75, 3.05) is 0 Å². The van der Waals surface area contributed by atoms with E-state index in [9.17, 15) is 5.11 Å². The normalized spacial score (nSPS) is 46.8. The van der Waals surface area contributed by atoms with Crippen molar-refractivity contribution in [1.82, 2.24) is 0 Å². The van der Waals surface area contributed by atoms with Gasteiger partial charge in [0.15, 0.2) is 0 Å². The van der Waals surface area contributed by atoms with Crippen molar-refractivity contribution in [3.8, 4) is 0 Å². The van der Waals surface area contributed by atoms with Crippen molar-refractivity contribution in [3.05, 3.63) is 36.0 Å². The Labute approximate surface area is 78.5 Å². The Hall–Kier alpha value is -0.820. The first-order valence-corrected chi connectivity index (χ1v) is 5.03. The minimum atomic E-state index is -0.271. The van der Waals surface area contributed by atoms with Gasteiger partial charge in [-0.25, -0.2) is 0 Å². The molecule has 68 valence electrons. The number of aliphatic hydroxyl groups excluding tert-OH is 1. The molecule has 13 heavy (non-hydrogen) atoms. The molecular formula is C12H14O. The maximum absolute atomic E-state index is 9.60. The van der Waals surface area contributed by atoms with Crippen LogP contribution in [-0.4, -0.2) is 11.2 Å². The van der Waals surface area contributed by atoms with Crippen LogP contribution in [0.15, 0.2) is 36.0 Å². The summed E-state index contributed by atoms with van der Waals surface area (Å²) in [6, 6.07) is 0. The standard InChI is InChI=1S/C12H14O/c1-7(13)11-6-9-3-2-8-4-5-10(11)12(8)9/h2-10,12-13H,1H3/t7-,8+,9+,10-,12+/m1/s1. The highest BCUT2D eigenvalue weighted by Gasteiger charge is 2.44. The molecule has 0 heterocycles. The Balaban J connectivity index is 2.02. The number of aliphatic hydroxyl groups is 1. The summed E-state index contributed by atoms with van der Waals surface area (Å²) in [6.07, 6.45) is 11.2. The van der Waals surface area contributed by atoms with Gasteiger partial charge in [-0.3, -0.25) is 0 Å². The summed E-state index contributed by atoms with van der Waals surface area (Å²) >= 11 is 0. The third-order valence-corrected chi connectivity index (χ3v) is 3.65. The van der Waals surface area contributed by atoms with E-state index < -0.39 is 0 Å². The average molecular weight is 174 g/mol. The van der Waals surface area contributed by atoms with E-state index in [1.165, 1.54) is 5.57 Å². The zero-order chi connectivity index (χ0) is 9.00. The fraction of sp³-hybridized carbons (Fsp3) is 0.500. The number of hydrogen-bond acceptors (Lipinski definition) is 1. The summed E-state index contributed by atoms with van der Waals surface area (Å²) in [5.41, 5.74) is 1.23. The van der Waals surface area contributed by atoms with Gasteiger partial charge in [-0.15, -0.1) is 0 Å². The van der Waals surface area contributed by atoms with Crippen molar-refractivity contribution in [3.63, 3.8) is 0 Å². The number of allylic oxidation sites excluding steroid dienone is 5. The molecule has 0 unspecified atom stereocenters. The van der Waals surface area contributed by atoms with E-state index in [0.717, 1.165) is 0 Å². The van der Waals surface area contributed by atoms with Crippen LogP contribution in [0.1, 0.15) is 6.92 Å². The van der Waals surface area contributed by atoms with Crippen molar-refractivity contribution >= 4 is 0 Å². The highest BCUT2D eigenvalue weighted by Crippen LogP contribution is 2.51. The Bertz CT molecular complexity index is 322. The first-order valence-electron chi connectivity index (χ1n) is 5.03. The second-order valence-electron chi connectivity index (χ2n) is 4.37. The molecule has 0 fully saturated rings. The molecule has 5 atom stereocenters. The molecule has 0 aliphatic heterocycles. The van der Waals surface area contributed by atoms with Crippen LogP contribution >= 0.6 is 0 Å². The molecule has 0 aromatic carbocycles. The predicted octanol–water partition coefficient (Wildman–Crippen LogP) is 1.91. The molecule has 0 aromatic heterocycles. The predicted molar refractivity (Wildman–Crippen MR) is 52.0 cm³/mol. The second-order valence-corrected chi connectivity index (χ2v) is 4.37. The first-order chi connectivity index (χ1) is 6.27. The Morgan fingerprint density at radius 1 is 1.15 bits per heavy atom. The molecule has 3 rings (SSSR count). The van der Waals surface area contributed by atoms with Gasteiger partial charge in [-0.1, -0.05) is 30.4 Å². The Morgan fingerprint density at radius 2 is 1.85 bits per heavy atom. The van der Waals surface area contributed by atoms with E-state index in [0.29, 0.717) is 23.7 Å². The molecule has 3 aliphatic carbocycles. The lowest BCUT2D eigenvalue weighted by Crippen LogP contribution is -2.16. The van der Waals surface area contributed by atoms with Crippen LogP contribution in [0.3, 0.4) is 0 Å². The first kappa shape index (κ1) is 7.57. The zero-order valence-electron chi connectivity index (χ0n) is 7.72. The van der Waals surface area contributed by atoms with Crippen LogP contribution in [0.25, 0.3) is 0 Å². The van der Waals surface area contributed by atoms with Gasteiger partial charge >= 0.3 is 0 Å². The van der Waals surface area contributed by atoms with Crippen LogP contribution in [0.5, 0.6) is 0 Å². The SMILES string of the molecule is C[C@@H](O)C1=C[C@@H]2C=C[C@H]3C=C[C@H]1[C@@H]32. The van der Waals surface area contributed by atoms with Crippen molar-refractivity contribution < 1.29 is 5.11 Å². The lowest BCUT2D eigenvalue weighted by molar-refractivity contribution is 0.217. The summed E-state index contributed by atoms with van der Waals surface area (Å²) in [7, 11) is 0. The van der Waals surface area contributed by atoms with E-state index in [2.05, 4.69) is 30.4 Å². The van der Waals surface area contributed by atoms with E-state index >= 15 is 0 Å². The molecule has 0 saturated heterocycles. The van der Waals surface area contributed by atoms with Gasteiger partial charge in [-0.2, -0.15) is 0 Å². The van der Waals surface area contributed by atoms with Crippen LogP contribution in [-0.2, 0) is 0 Å². The van der Waals surface area contributed by atoms with Crippen LogP contribution < -0.4 is 0 Å². The van der Waals surface area contributed by atoms with Gasteiger partial charge < -0.3 is 5.11 Å². The fourth-order valence-corrected chi connectivity index (χ4v) is 3.07. The van der Waals surface area contributed by atoms with Gasteiger partial charge in [-0.05, 0) is 30.3 Å². The largest absolute Gasteiger partial charge is 0.389 e. The van der Waals surface area contributed by atoms with E-state index in [-0.39, 0.29) is 6.10 Å². The molecule has 1 heteroatoms. The minimum absolute atomic E-state index is 0.271. The lowest BCUT2D eigenvalue weighted by atomic mass is 9.86. The van der Waals surface area contributed by atoms with Gasteiger partial charge in [0.25, 0.3) is 0 Å². The summed E-state index contributed by atoms with van der Waals surface area (Å²) < 4.78 is 0. The van der Waals surface area contributed by atoms with E-state index in [1.54, 1.807) is 0 Å². The van der Waals surface area contributed by atoms with E-state index in [4.69, 9.17) is 0 Å². The molecule has 1 nitrogen and oxygen atoms in total. The maximum Gasteiger partial charge on any atom is 0.0728 e. The summed E-state index contributed by atoms with van der Waals surface area (Å²) in [5, 5.41) is 9.60. The van der Waals surface area contributed by atoms with Crippen LogP contribution in [0.2, 0.25) is 0 Å². The maximum atomic E-state index is 9.60. The fourth-order valence-electron chi connectivity index (χ4n) is 3.07. The molecule has 0 spiro atoms. The molecule has 0 aromatic rings.